The van der Waals surface area contributed by atoms with Crippen LogP contribution in [0, 0.1) is 12.8 Å². The summed E-state index contributed by atoms with van der Waals surface area (Å²) in [5, 5.41) is 6.19. The molecular formula is C27H24N8OS. The molecule has 184 valence electrons. The van der Waals surface area contributed by atoms with Gasteiger partial charge in [0.1, 0.15) is 17.9 Å². The van der Waals surface area contributed by atoms with E-state index < -0.39 is 0 Å². The molecule has 10 heteroatoms. The number of imidazole rings is 1. The van der Waals surface area contributed by atoms with Crippen LogP contribution in [0.25, 0.3) is 32.7 Å². The number of pyridine rings is 3. The number of aromatic amines is 1. The van der Waals surface area contributed by atoms with Gasteiger partial charge in [-0.1, -0.05) is 13.8 Å². The molecule has 0 bridgehead atoms. The van der Waals surface area contributed by atoms with E-state index in [0.29, 0.717) is 18.2 Å². The van der Waals surface area contributed by atoms with Crippen molar-refractivity contribution in [2.75, 3.05) is 17.3 Å². The molecule has 0 fully saturated rings. The minimum atomic E-state index is -0.126. The highest BCUT2D eigenvalue weighted by molar-refractivity contribution is 7.15. The van der Waals surface area contributed by atoms with E-state index in [9.17, 15) is 4.79 Å². The fourth-order valence-electron chi connectivity index (χ4n) is 4.18. The first kappa shape index (κ1) is 23.0. The van der Waals surface area contributed by atoms with E-state index in [0.717, 1.165) is 49.7 Å². The molecule has 0 spiro atoms. The lowest BCUT2D eigenvalue weighted by Gasteiger charge is -2.18. The molecule has 0 unspecified atom stereocenters. The number of nitrogens with zero attached hydrogens (tertiary/aromatic N) is 5. The van der Waals surface area contributed by atoms with Crippen molar-refractivity contribution in [3.05, 3.63) is 71.5 Å². The minimum absolute atomic E-state index is 0.0626. The molecule has 1 aliphatic rings. The number of hydrogen-bond donors (Lipinski definition) is 3. The van der Waals surface area contributed by atoms with Crippen LogP contribution in [0.1, 0.15) is 30.1 Å². The fraction of sp³-hybridized carbons (Fsp3) is 0.185. The number of carbonyl (C=O) groups is 1. The number of hydrogen-bond acceptors (Lipinski definition) is 8. The maximum Gasteiger partial charge on any atom is 0.226 e. The van der Waals surface area contributed by atoms with Crippen LogP contribution in [-0.4, -0.2) is 43.2 Å². The number of nitrogens with one attached hydrogen (secondary N) is 3. The number of amides is 1. The molecule has 9 nitrogen and oxygen atoms in total. The predicted molar refractivity (Wildman–Crippen MR) is 147 cm³/mol. The van der Waals surface area contributed by atoms with Gasteiger partial charge < -0.3 is 15.6 Å². The van der Waals surface area contributed by atoms with E-state index >= 15 is 0 Å². The zero-order valence-corrected chi connectivity index (χ0v) is 21.3. The molecule has 5 aromatic heterocycles. The van der Waals surface area contributed by atoms with Gasteiger partial charge in [0.25, 0.3) is 0 Å². The van der Waals surface area contributed by atoms with Crippen molar-refractivity contribution in [2.24, 2.45) is 10.9 Å². The van der Waals surface area contributed by atoms with Gasteiger partial charge >= 0.3 is 0 Å². The van der Waals surface area contributed by atoms with Gasteiger partial charge in [0.05, 0.1) is 41.2 Å². The van der Waals surface area contributed by atoms with Crippen LogP contribution in [-0.2, 0) is 4.79 Å². The summed E-state index contributed by atoms with van der Waals surface area (Å²) in [7, 11) is 0. The first-order chi connectivity index (χ1) is 18.0. The predicted octanol–water partition coefficient (Wildman–Crippen LogP) is 5.27. The highest BCUT2D eigenvalue weighted by Crippen LogP contribution is 2.33. The van der Waals surface area contributed by atoms with Crippen molar-refractivity contribution in [1.82, 2.24) is 24.9 Å². The quantitative estimate of drug-likeness (QED) is 0.298. The molecule has 1 aliphatic heterocycles. The first-order valence-corrected chi connectivity index (χ1v) is 12.7. The van der Waals surface area contributed by atoms with Gasteiger partial charge in [-0.15, -0.1) is 11.3 Å². The highest BCUT2D eigenvalue weighted by atomic mass is 32.1. The van der Waals surface area contributed by atoms with Crippen molar-refractivity contribution < 1.29 is 4.79 Å². The van der Waals surface area contributed by atoms with E-state index in [1.807, 2.05) is 32.2 Å². The summed E-state index contributed by atoms with van der Waals surface area (Å²) in [5.41, 5.74) is 7.36. The van der Waals surface area contributed by atoms with Crippen LogP contribution < -0.4 is 10.6 Å². The number of thiophene rings is 1. The van der Waals surface area contributed by atoms with Crippen LogP contribution >= 0.6 is 11.3 Å². The van der Waals surface area contributed by atoms with Crippen molar-refractivity contribution >= 4 is 45.4 Å². The lowest BCUT2D eigenvalue weighted by molar-refractivity contribution is -0.118. The van der Waals surface area contributed by atoms with Crippen LogP contribution in [0.5, 0.6) is 0 Å². The van der Waals surface area contributed by atoms with Gasteiger partial charge in [-0.05, 0) is 31.2 Å². The molecule has 0 saturated heterocycles. The fourth-order valence-corrected chi connectivity index (χ4v) is 5.06. The Kier molecular flexibility index (Phi) is 5.72. The number of rotatable bonds is 5. The SMILES string of the molecule is Cc1ccc(-c2cncc3[nH]c(C4=NCNc5cnc(-c6cncc(NC(=O)C(C)C)c6)cc54)nc23)s1. The summed E-state index contributed by atoms with van der Waals surface area (Å²) in [6.45, 7) is 6.22. The molecule has 0 aromatic carbocycles. The van der Waals surface area contributed by atoms with Crippen molar-refractivity contribution in [1.29, 1.82) is 0 Å². The third-order valence-corrected chi connectivity index (χ3v) is 7.15. The number of H-pyrrole nitrogens is 1. The number of aromatic nitrogens is 5. The zero-order chi connectivity index (χ0) is 25.5. The molecule has 3 N–H and O–H groups in total. The Morgan fingerprint density at radius 2 is 1.92 bits per heavy atom. The van der Waals surface area contributed by atoms with Crippen LogP contribution in [0.2, 0.25) is 0 Å². The normalized spacial score (nSPS) is 12.8. The molecule has 0 atom stereocenters. The summed E-state index contributed by atoms with van der Waals surface area (Å²) < 4.78 is 0. The molecule has 0 aliphatic carbocycles. The summed E-state index contributed by atoms with van der Waals surface area (Å²) in [6.07, 6.45) is 8.80. The van der Waals surface area contributed by atoms with Crippen LogP contribution in [0.4, 0.5) is 11.4 Å². The molecule has 0 saturated carbocycles. The number of aryl methyl sites for hydroxylation is 1. The standard InChI is InChI=1S/C27H24N8OS/c1-14(2)27(36)33-17-6-16(8-28-9-17)20-7-18-21(12-30-20)31-13-32-25(18)26-34-22-11-29-10-19(24(22)35-26)23-5-4-15(3)37-23/h4-12,14,31H,13H2,1-3H3,(H,33,36)(H,34,35). The lowest BCUT2D eigenvalue weighted by Crippen LogP contribution is -2.18. The number of carbonyl (C=O) groups excluding carboxylic acids is 1. The molecule has 37 heavy (non-hydrogen) atoms. The lowest BCUT2D eigenvalue weighted by atomic mass is 10.0. The number of aliphatic imine (C=N–C) groups is 1. The Hall–Kier alpha value is -4.44. The topological polar surface area (TPSA) is 121 Å². The first-order valence-electron chi connectivity index (χ1n) is 11.9. The largest absolute Gasteiger partial charge is 0.364 e. The van der Waals surface area contributed by atoms with Crippen molar-refractivity contribution in [3.63, 3.8) is 0 Å². The Balaban J connectivity index is 1.39. The summed E-state index contributed by atoms with van der Waals surface area (Å²) in [4.78, 5) is 41.0. The maximum absolute atomic E-state index is 12.1. The molecular weight excluding hydrogens is 484 g/mol. The van der Waals surface area contributed by atoms with Gasteiger partial charge in [0, 0.05) is 44.8 Å². The summed E-state index contributed by atoms with van der Waals surface area (Å²) in [6, 6.07) is 8.05. The molecule has 6 heterocycles. The maximum atomic E-state index is 12.1. The van der Waals surface area contributed by atoms with Crippen molar-refractivity contribution in [2.45, 2.75) is 20.8 Å². The second kappa shape index (κ2) is 9.21. The average molecular weight is 509 g/mol. The van der Waals surface area contributed by atoms with E-state index in [4.69, 9.17) is 9.98 Å². The third kappa shape index (κ3) is 4.36. The summed E-state index contributed by atoms with van der Waals surface area (Å²) >= 11 is 1.72. The highest BCUT2D eigenvalue weighted by Gasteiger charge is 2.22. The Morgan fingerprint density at radius 3 is 2.73 bits per heavy atom. The molecule has 5 aromatic rings. The van der Waals surface area contributed by atoms with Crippen LogP contribution in [0.3, 0.4) is 0 Å². The zero-order valence-electron chi connectivity index (χ0n) is 20.5. The molecule has 6 rings (SSSR count). The van der Waals surface area contributed by atoms with Gasteiger partial charge in [0.2, 0.25) is 5.91 Å². The van der Waals surface area contributed by atoms with E-state index in [2.05, 4.69) is 49.6 Å². The minimum Gasteiger partial charge on any atom is -0.364 e. The van der Waals surface area contributed by atoms with Crippen molar-refractivity contribution in [3.8, 4) is 21.7 Å². The van der Waals surface area contributed by atoms with E-state index in [1.54, 1.807) is 36.1 Å². The second-order valence-corrected chi connectivity index (χ2v) is 10.4. The number of anilines is 2. The summed E-state index contributed by atoms with van der Waals surface area (Å²) in [5.74, 6) is 0.486. The molecule has 1 amide bonds. The Bertz CT molecular complexity index is 1680. The van der Waals surface area contributed by atoms with E-state index in [-0.39, 0.29) is 11.8 Å². The van der Waals surface area contributed by atoms with Gasteiger partial charge in [-0.25, -0.2) is 4.98 Å². The Labute approximate surface area is 217 Å². The molecule has 0 radical (unpaired) electrons. The van der Waals surface area contributed by atoms with Gasteiger partial charge in [-0.3, -0.25) is 24.7 Å². The second-order valence-electron chi connectivity index (χ2n) is 9.14. The van der Waals surface area contributed by atoms with E-state index in [1.165, 1.54) is 4.88 Å². The monoisotopic (exact) mass is 508 g/mol. The average Bonchev–Trinajstić information content (AvgIpc) is 3.54. The van der Waals surface area contributed by atoms with Gasteiger partial charge in [-0.2, -0.15) is 0 Å². The number of fused-ring (bicyclic) bond motifs is 2. The smallest absolute Gasteiger partial charge is 0.226 e. The Morgan fingerprint density at radius 1 is 1.05 bits per heavy atom. The van der Waals surface area contributed by atoms with Gasteiger partial charge in [0.15, 0.2) is 5.82 Å². The van der Waals surface area contributed by atoms with Crippen LogP contribution in [0.15, 0.2) is 60.2 Å². The third-order valence-electron chi connectivity index (χ3n) is 6.12.